The van der Waals surface area contributed by atoms with Gasteiger partial charge in [0, 0.05) is 6.92 Å². The molecule has 11 heteroatoms. The van der Waals surface area contributed by atoms with Gasteiger partial charge in [-0.1, -0.05) is 6.07 Å². The lowest BCUT2D eigenvalue weighted by molar-refractivity contribution is -0.157. The maximum Gasteiger partial charge on any atom is 0.514 e. The number of hydrogen-bond acceptors (Lipinski definition) is 11. The van der Waals surface area contributed by atoms with Gasteiger partial charge in [0.05, 0.1) is 12.2 Å². The van der Waals surface area contributed by atoms with Crippen LogP contribution in [0.15, 0.2) is 18.2 Å². The highest BCUT2D eigenvalue weighted by atomic mass is 16.7. The van der Waals surface area contributed by atoms with Gasteiger partial charge in [0.2, 0.25) is 0 Å². The van der Waals surface area contributed by atoms with Gasteiger partial charge in [0.1, 0.15) is 18.8 Å². The van der Waals surface area contributed by atoms with Crippen LogP contribution in [0.1, 0.15) is 47.1 Å². The van der Waals surface area contributed by atoms with Crippen molar-refractivity contribution in [2.24, 2.45) is 5.73 Å². The van der Waals surface area contributed by atoms with E-state index in [1.54, 1.807) is 34.6 Å². The topological polar surface area (TPSA) is 150 Å². The molecule has 0 bridgehead atoms. The minimum atomic E-state index is -1.05. The van der Waals surface area contributed by atoms with E-state index in [1.807, 2.05) is 0 Å². The fraction of sp³-hybridized carbons (Fsp3) is 0.545. The third kappa shape index (κ3) is 11.2. The molecule has 1 aromatic rings. The quantitative estimate of drug-likeness (QED) is 0.306. The third-order valence-electron chi connectivity index (χ3n) is 3.64. The van der Waals surface area contributed by atoms with Crippen LogP contribution >= 0.6 is 0 Å². The normalized spacial score (nSPS) is 12.5. The highest BCUT2D eigenvalue weighted by Gasteiger charge is 2.21. The van der Waals surface area contributed by atoms with E-state index in [0.29, 0.717) is 5.56 Å². The predicted molar refractivity (Wildman–Crippen MR) is 115 cm³/mol. The number of carbonyl (C=O) groups is 4. The van der Waals surface area contributed by atoms with E-state index in [1.165, 1.54) is 25.1 Å². The Hall–Kier alpha value is -3.34. The average molecular weight is 469 g/mol. The number of hydrogen-bond donors (Lipinski definition) is 1. The van der Waals surface area contributed by atoms with Gasteiger partial charge in [0.15, 0.2) is 11.5 Å². The minimum absolute atomic E-state index is 0.0209. The van der Waals surface area contributed by atoms with Crippen LogP contribution in [0.2, 0.25) is 0 Å². The van der Waals surface area contributed by atoms with Gasteiger partial charge in [0.25, 0.3) is 0 Å². The van der Waals surface area contributed by atoms with Crippen LogP contribution in [-0.2, 0) is 35.0 Å². The maximum absolute atomic E-state index is 12.2. The van der Waals surface area contributed by atoms with Crippen molar-refractivity contribution in [3.8, 4) is 11.5 Å². The molecule has 1 rings (SSSR count). The number of ether oxygens (including phenoxy) is 6. The molecule has 33 heavy (non-hydrogen) atoms. The Labute approximate surface area is 192 Å². The summed E-state index contributed by atoms with van der Waals surface area (Å²) < 4.78 is 30.1. The molecule has 2 N–H and O–H groups in total. The molecule has 0 radical (unpaired) electrons. The Morgan fingerprint density at radius 1 is 0.848 bits per heavy atom. The molecule has 0 heterocycles. The summed E-state index contributed by atoms with van der Waals surface area (Å²) in [6, 6.07) is 3.24. The molecule has 0 aromatic heterocycles. The van der Waals surface area contributed by atoms with Crippen molar-refractivity contribution >= 4 is 24.2 Å². The Kier molecular flexibility index (Phi) is 11.1. The second kappa shape index (κ2) is 13.3. The van der Waals surface area contributed by atoms with Gasteiger partial charge < -0.3 is 34.2 Å². The van der Waals surface area contributed by atoms with Crippen molar-refractivity contribution < 1.29 is 47.6 Å². The van der Waals surface area contributed by atoms with Crippen LogP contribution in [0.25, 0.3) is 0 Å². The molecule has 0 spiro atoms. The number of carbonyl (C=O) groups excluding carboxylic acids is 4. The van der Waals surface area contributed by atoms with Gasteiger partial charge >= 0.3 is 24.2 Å². The van der Waals surface area contributed by atoms with E-state index >= 15 is 0 Å². The lowest BCUT2D eigenvalue weighted by Gasteiger charge is -2.16. The molecule has 1 aromatic carbocycles. The van der Waals surface area contributed by atoms with Crippen molar-refractivity contribution in [3.05, 3.63) is 23.8 Å². The van der Waals surface area contributed by atoms with Gasteiger partial charge in [-0.15, -0.1) is 0 Å². The first-order chi connectivity index (χ1) is 15.4. The molecule has 0 aliphatic rings. The van der Waals surface area contributed by atoms with Gasteiger partial charge in [-0.3, -0.25) is 9.59 Å². The zero-order valence-electron chi connectivity index (χ0n) is 19.6. The van der Waals surface area contributed by atoms with E-state index in [4.69, 9.17) is 34.2 Å². The summed E-state index contributed by atoms with van der Waals surface area (Å²) in [7, 11) is 0. The van der Waals surface area contributed by atoms with Crippen LogP contribution in [0.5, 0.6) is 11.5 Å². The molecule has 0 fully saturated rings. The summed E-state index contributed by atoms with van der Waals surface area (Å²) in [4.78, 5) is 46.9. The largest absolute Gasteiger partial charge is 0.514 e. The minimum Gasteiger partial charge on any atom is -0.461 e. The molecular weight excluding hydrogens is 438 g/mol. The molecule has 0 aliphatic carbocycles. The highest BCUT2D eigenvalue weighted by Crippen LogP contribution is 2.30. The monoisotopic (exact) mass is 469 g/mol. The van der Waals surface area contributed by atoms with E-state index in [9.17, 15) is 19.2 Å². The lowest BCUT2D eigenvalue weighted by Crippen LogP contribution is -2.36. The van der Waals surface area contributed by atoms with Crippen molar-refractivity contribution in [1.29, 1.82) is 0 Å². The molecule has 0 saturated heterocycles. The van der Waals surface area contributed by atoms with E-state index < -0.39 is 48.6 Å². The predicted octanol–water partition coefficient (Wildman–Crippen LogP) is 2.90. The Balaban J connectivity index is 2.92. The molecule has 0 amide bonds. The number of nitrogens with two attached hydrogens (primary N) is 1. The van der Waals surface area contributed by atoms with Crippen molar-refractivity contribution in [1.82, 2.24) is 0 Å². The summed E-state index contributed by atoms with van der Waals surface area (Å²) in [5.41, 5.74) is 6.40. The summed E-state index contributed by atoms with van der Waals surface area (Å²) in [5.74, 6) is -1.41. The third-order valence-corrected chi connectivity index (χ3v) is 3.64. The summed E-state index contributed by atoms with van der Waals surface area (Å²) in [6.07, 6.45) is -3.44. The van der Waals surface area contributed by atoms with Crippen LogP contribution in [-0.4, -0.2) is 55.2 Å². The standard InChI is InChI=1S/C22H31NO10/c1-12(2)29-21(26)32-18-8-7-16(10-19(18)33-22(27)30-13(3)4)9-17(23)20(25)28-11-14(5)31-15(6)24/h7-8,10,12-14,17H,9,11,23H2,1-6H3/t14-,17+/m1/s1. The van der Waals surface area contributed by atoms with Crippen molar-refractivity contribution in [2.75, 3.05) is 6.61 Å². The second-order valence-corrected chi connectivity index (χ2v) is 7.68. The molecule has 0 unspecified atom stereocenters. The van der Waals surface area contributed by atoms with E-state index in [2.05, 4.69) is 0 Å². The van der Waals surface area contributed by atoms with Gasteiger partial charge in [-0.25, -0.2) is 9.59 Å². The second-order valence-electron chi connectivity index (χ2n) is 7.68. The first kappa shape index (κ1) is 27.7. The van der Waals surface area contributed by atoms with Crippen LogP contribution in [0.4, 0.5) is 9.59 Å². The molecule has 0 saturated carbocycles. The Bertz CT molecular complexity index is 836. The molecule has 184 valence electrons. The Morgan fingerprint density at radius 2 is 1.39 bits per heavy atom. The van der Waals surface area contributed by atoms with Crippen LogP contribution in [0.3, 0.4) is 0 Å². The van der Waals surface area contributed by atoms with Crippen molar-refractivity contribution in [3.63, 3.8) is 0 Å². The van der Waals surface area contributed by atoms with E-state index in [0.717, 1.165) is 0 Å². The summed E-state index contributed by atoms with van der Waals surface area (Å²) in [6.45, 7) is 9.25. The SMILES string of the molecule is CC(=O)O[C@H](C)COC(=O)[C@@H](N)Cc1ccc(OC(=O)OC(C)C)c(OC(=O)OC(C)C)c1. The van der Waals surface area contributed by atoms with Gasteiger partial charge in [-0.2, -0.15) is 0 Å². The molecular formula is C22H31NO10. The van der Waals surface area contributed by atoms with Crippen LogP contribution < -0.4 is 15.2 Å². The lowest BCUT2D eigenvalue weighted by atomic mass is 10.1. The maximum atomic E-state index is 12.2. The van der Waals surface area contributed by atoms with Gasteiger partial charge in [-0.05, 0) is 58.7 Å². The number of benzene rings is 1. The molecule has 0 aliphatic heterocycles. The number of esters is 2. The fourth-order valence-corrected chi connectivity index (χ4v) is 2.42. The Morgan fingerprint density at radius 3 is 1.91 bits per heavy atom. The first-order valence-electron chi connectivity index (χ1n) is 10.4. The smallest absolute Gasteiger partial charge is 0.461 e. The number of rotatable bonds is 10. The van der Waals surface area contributed by atoms with Crippen LogP contribution in [0, 0.1) is 0 Å². The molecule has 2 atom stereocenters. The summed E-state index contributed by atoms with van der Waals surface area (Å²) in [5, 5.41) is 0. The fourth-order valence-electron chi connectivity index (χ4n) is 2.42. The zero-order valence-corrected chi connectivity index (χ0v) is 19.6. The average Bonchev–Trinajstić information content (AvgIpc) is 2.66. The highest BCUT2D eigenvalue weighted by molar-refractivity contribution is 5.76. The summed E-state index contributed by atoms with van der Waals surface area (Å²) >= 11 is 0. The zero-order chi connectivity index (χ0) is 25.1. The molecule has 11 nitrogen and oxygen atoms in total. The van der Waals surface area contributed by atoms with E-state index in [-0.39, 0.29) is 24.5 Å². The van der Waals surface area contributed by atoms with Crippen molar-refractivity contribution in [2.45, 2.75) is 72.3 Å². The first-order valence-corrected chi connectivity index (χ1v) is 10.4.